The summed E-state index contributed by atoms with van der Waals surface area (Å²) in [5.41, 5.74) is 0.590. The number of hydrogen-bond donors (Lipinski definition) is 2. The van der Waals surface area contributed by atoms with E-state index in [0.717, 1.165) is 17.1 Å². The van der Waals surface area contributed by atoms with Crippen LogP contribution in [0.15, 0.2) is 53.4 Å². The monoisotopic (exact) mass is 465 g/mol. The van der Waals surface area contributed by atoms with E-state index >= 15 is 0 Å². The van der Waals surface area contributed by atoms with Gasteiger partial charge in [-0.3, -0.25) is 9.59 Å². The zero-order chi connectivity index (χ0) is 22.4. The second kappa shape index (κ2) is 10.2. The zero-order valence-electron chi connectivity index (χ0n) is 17.0. The molecule has 2 N–H and O–H groups in total. The number of amides is 2. The maximum atomic E-state index is 12.6. The smallest absolute Gasteiger partial charge is 0.253 e. The van der Waals surface area contributed by atoms with Crippen LogP contribution < -0.4 is 10.6 Å². The number of carbonyl (C=O) groups excluding carboxylic acids is 2. The van der Waals surface area contributed by atoms with Crippen molar-refractivity contribution in [1.82, 2.24) is 9.62 Å². The van der Waals surface area contributed by atoms with Gasteiger partial charge in [0.15, 0.2) is 0 Å². The third-order valence-corrected chi connectivity index (χ3v) is 6.92. The number of anilines is 1. The molecule has 10 heteroatoms. The van der Waals surface area contributed by atoms with Crippen molar-refractivity contribution >= 4 is 39.1 Å². The van der Waals surface area contributed by atoms with Gasteiger partial charge in [-0.15, -0.1) is 0 Å². The van der Waals surface area contributed by atoms with E-state index in [9.17, 15) is 18.0 Å². The predicted octanol–water partition coefficient (Wildman–Crippen LogP) is 2.51. The van der Waals surface area contributed by atoms with Crippen LogP contribution in [0.25, 0.3) is 0 Å². The van der Waals surface area contributed by atoms with Crippen LogP contribution in [-0.2, 0) is 19.6 Å². The lowest BCUT2D eigenvalue weighted by atomic mass is 10.1. The highest BCUT2D eigenvalue weighted by atomic mass is 35.5. The number of nitrogens with zero attached hydrogens (tertiary/aromatic N) is 1. The van der Waals surface area contributed by atoms with Gasteiger partial charge >= 0.3 is 0 Å². The zero-order valence-corrected chi connectivity index (χ0v) is 18.6. The number of benzene rings is 2. The van der Waals surface area contributed by atoms with E-state index in [1.54, 1.807) is 24.3 Å². The Bertz CT molecular complexity index is 1040. The molecule has 1 heterocycles. The summed E-state index contributed by atoms with van der Waals surface area (Å²) >= 11 is 5.80. The van der Waals surface area contributed by atoms with Crippen LogP contribution in [0, 0.1) is 0 Å². The number of hydrogen-bond acceptors (Lipinski definition) is 5. The second-order valence-corrected chi connectivity index (χ2v) is 9.64. The van der Waals surface area contributed by atoms with Crippen molar-refractivity contribution in [2.24, 2.45) is 0 Å². The van der Waals surface area contributed by atoms with Crippen LogP contribution >= 0.6 is 11.6 Å². The van der Waals surface area contributed by atoms with Crippen molar-refractivity contribution in [3.8, 4) is 0 Å². The number of halogens is 1. The summed E-state index contributed by atoms with van der Waals surface area (Å²) in [5, 5.41) is 5.85. The minimum Gasteiger partial charge on any atom is -0.376 e. The number of para-hydroxylation sites is 1. The molecule has 0 saturated carbocycles. The molecule has 1 aliphatic heterocycles. The van der Waals surface area contributed by atoms with Gasteiger partial charge in [-0.2, -0.15) is 4.31 Å². The van der Waals surface area contributed by atoms with Crippen molar-refractivity contribution in [2.45, 2.75) is 23.8 Å². The minimum atomic E-state index is -3.87. The molecule has 0 spiro atoms. The third-order valence-electron chi connectivity index (χ3n) is 4.85. The molecule has 1 atom stereocenters. The fourth-order valence-corrected chi connectivity index (χ4v) is 4.41. The van der Waals surface area contributed by atoms with Gasteiger partial charge in [0.05, 0.1) is 28.8 Å². The SMILES string of the molecule is CN(CC(=O)Nc1ccccc1C(=O)NC[C@H]1CCCO1)S(=O)(=O)c1ccc(Cl)cc1. The molecular formula is C21H24ClN3O5S. The van der Waals surface area contributed by atoms with Crippen LogP contribution in [0.1, 0.15) is 23.2 Å². The topological polar surface area (TPSA) is 105 Å². The van der Waals surface area contributed by atoms with E-state index in [0.29, 0.717) is 23.9 Å². The standard InChI is InChI=1S/C21H24ClN3O5S/c1-25(31(28,29)17-10-8-15(22)9-11-17)14-20(26)24-19-7-3-2-6-18(19)21(27)23-13-16-5-4-12-30-16/h2-3,6-11,16H,4-5,12-14H2,1H3,(H,23,27)(H,24,26)/t16-/m1/s1. The number of sulfonamides is 1. The van der Waals surface area contributed by atoms with E-state index < -0.39 is 22.5 Å². The second-order valence-electron chi connectivity index (χ2n) is 7.15. The van der Waals surface area contributed by atoms with Crippen molar-refractivity contribution in [2.75, 3.05) is 32.1 Å². The van der Waals surface area contributed by atoms with Crippen LogP contribution in [0.3, 0.4) is 0 Å². The van der Waals surface area contributed by atoms with Crippen molar-refractivity contribution in [3.05, 3.63) is 59.1 Å². The van der Waals surface area contributed by atoms with Gasteiger partial charge in [0, 0.05) is 25.2 Å². The molecule has 0 radical (unpaired) electrons. The first kappa shape index (κ1) is 23.2. The van der Waals surface area contributed by atoms with Gasteiger partial charge in [0.25, 0.3) is 5.91 Å². The Morgan fingerprint density at radius 2 is 1.87 bits per heavy atom. The fourth-order valence-electron chi connectivity index (χ4n) is 3.16. The van der Waals surface area contributed by atoms with Gasteiger partial charge in [0.2, 0.25) is 15.9 Å². The van der Waals surface area contributed by atoms with Gasteiger partial charge < -0.3 is 15.4 Å². The Balaban J connectivity index is 1.63. The third kappa shape index (κ3) is 6.04. The lowest BCUT2D eigenvalue weighted by molar-refractivity contribution is -0.116. The average molecular weight is 466 g/mol. The molecule has 0 unspecified atom stereocenters. The molecule has 1 saturated heterocycles. The molecule has 2 aromatic carbocycles. The average Bonchev–Trinajstić information content (AvgIpc) is 3.26. The van der Waals surface area contributed by atoms with E-state index in [2.05, 4.69) is 10.6 Å². The summed E-state index contributed by atoms with van der Waals surface area (Å²) in [5.74, 6) is -0.909. The molecule has 0 aromatic heterocycles. The maximum Gasteiger partial charge on any atom is 0.253 e. The number of carbonyl (C=O) groups is 2. The molecule has 1 aliphatic rings. The summed E-state index contributed by atoms with van der Waals surface area (Å²) in [6, 6.07) is 12.2. The number of nitrogens with one attached hydrogen (secondary N) is 2. The molecular weight excluding hydrogens is 442 g/mol. The lowest BCUT2D eigenvalue weighted by Gasteiger charge is -2.18. The molecule has 8 nitrogen and oxygen atoms in total. The Morgan fingerprint density at radius 1 is 1.16 bits per heavy atom. The van der Waals surface area contributed by atoms with Crippen LogP contribution in [0.5, 0.6) is 0 Å². The minimum absolute atomic E-state index is 0.00238. The van der Waals surface area contributed by atoms with E-state index in [1.807, 2.05) is 0 Å². The Morgan fingerprint density at radius 3 is 2.55 bits per heavy atom. The Kier molecular flexibility index (Phi) is 7.66. The normalized spacial score (nSPS) is 16.3. The van der Waals surface area contributed by atoms with Gasteiger partial charge in [-0.05, 0) is 49.2 Å². The molecule has 3 rings (SSSR count). The van der Waals surface area contributed by atoms with Crippen LogP contribution in [0.2, 0.25) is 5.02 Å². The highest BCUT2D eigenvalue weighted by Crippen LogP contribution is 2.19. The van der Waals surface area contributed by atoms with E-state index in [1.165, 1.54) is 31.3 Å². The number of likely N-dealkylation sites (N-methyl/N-ethyl adjacent to an activating group) is 1. The van der Waals surface area contributed by atoms with Crippen molar-refractivity contribution in [1.29, 1.82) is 0 Å². The predicted molar refractivity (Wildman–Crippen MR) is 118 cm³/mol. The van der Waals surface area contributed by atoms with Gasteiger partial charge in [0.1, 0.15) is 0 Å². The highest BCUT2D eigenvalue weighted by Gasteiger charge is 2.24. The number of ether oxygens (including phenoxy) is 1. The quantitative estimate of drug-likeness (QED) is 0.623. The van der Waals surface area contributed by atoms with Gasteiger partial charge in [-0.25, -0.2) is 8.42 Å². The van der Waals surface area contributed by atoms with E-state index in [-0.39, 0.29) is 22.5 Å². The summed E-state index contributed by atoms with van der Waals surface area (Å²) in [6.07, 6.45) is 1.87. The molecule has 166 valence electrons. The molecule has 2 amide bonds. The Hall–Kier alpha value is -2.46. The van der Waals surface area contributed by atoms with Crippen LogP contribution in [0.4, 0.5) is 5.69 Å². The molecule has 0 bridgehead atoms. The highest BCUT2D eigenvalue weighted by molar-refractivity contribution is 7.89. The first-order chi connectivity index (χ1) is 14.8. The lowest BCUT2D eigenvalue weighted by Crippen LogP contribution is -2.36. The van der Waals surface area contributed by atoms with Crippen molar-refractivity contribution in [3.63, 3.8) is 0 Å². The fraction of sp³-hybridized carbons (Fsp3) is 0.333. The van der Waals surface area contributed by atoms with Crippen molar-refractivity contribution < 1.29 is 22.7 Å². The molecule has 1 fully saturated rings. The maximum absolute atomic E-state index is 12.6. The molecule has 2 aromatic rings. The Labute approximate surface area is 186 Å². The first-order valence-corrected chi connectivity index (χ1v) is 11.6. The summed E-state index contributed by atoms with van der Waals surface area (Å²) in [6.45, 7) is 0.666. The largest absolute Gasteiger partial charge is 0.376 e. The van der Waals surface area contributed by atoms with Crippen LogP contribution in [-0.4, -0.2) is 57.4 Å². The summed E-state index contributed by atoms with van der Waals surface area (Å²) in [4.78, 5) is 25.1. The first-order valence-electron chi connectivity index (χ1n) is 9.78. The molecule has 0 aliphatic carbocycles. The summed E-state index contributed by atoms with van der Waals surface area (Å²) < 4.78 is 31.7. The van der Waals surface area contributed by atoms with Gasteiger partial charge in [-0.1, -0.05) is 23.7 Å². The number of rotatable bonds is 8. The molecule has 31 heavy (non-hydrogen) atoms. The van der Waals surface area contributed by atoms with E-state index in [4.69, 9.17) is 16.3 Å². The summed E-state index contributed by atoms with van der Waals surface area (Å²) in [7, 11) is -2.56.